The molecule has 5 rings (SSSR count). The van der Waals surface area contributed by atoms with Crippen LogP contribution in [-0.4, -0.2) is 23.9 Å². The molecule has 1 N–H and O–H groups in total. The number of hydrogen-bond acceptors (Lipinski definition) is 6. The zero-order valence-corrected chi connectivity index (χ0v) is 17.5. The molecule has 0 saturated heterocycles. The Morgan fingerprint density at radius 3 is 2.59 bits per heavy atom. The van der Waals surface area contributed by atoms with Gasteiger partial charge in [0.2, 0.25) is 0 Å². The summed E-state index contributed by atoms with van der Waals surface area (Å²) in [5.41, 5.74) is 5.68. The molecule has 3 heterocycles. The molecular formula is C26H22N4O2. The number of nitrogens with zero attached hydrogens (tertiary/aromatic N) is 3. The second kappa shape index (κ2) is 8.96. The number of aliphatic imine (C=N–C) groups is 1. The van der Waals surface area contributed by atoms with Crippen molar-refractivity contribution in [3.8, 4) is 6.07 Å². The van der Waals surface area contributed by atoms with Gasteiger partial charge in [0.25, 0.3) is 0 Å². The Balaban J connectivity index is 1.51. The van der Waals surface area contributed by atoms with Gasteiger partial charge in [0, 0.05) is 19.0 Å². The van der Waals surface area contributed by atoms with E-state index in [0.29, 0.717) is 31.7 Å². The van der Waals surface area contributed by atoms with E-state index in [2.05, 4.69) is 23.5 Å². The molecule has 1 aromatic heterocycles. The third-order valence-electron chi connectivity index (χ3n) is 5.38. The highest BCUT2D eigenvalue weighted by Gasteiger charge is 2.24. The van der Waals surface area contributed by atoms with E-state index in [1.807, 2.05) is 65.7 Å². The van der Waals surface area contributed by atoms with Gasteiger partial charge in [-0.1, -0.05) is 42.5 Å². The molecule has 2 aliphatic heterocycles. The first kappa shape index (κ1) is 19.9. The van der Waals surface area contributed by atoms with Crippen molar-refractivity contribution in [3.63, 3.8) is 0 Å². The minimum Gasteiger partial charge on any atom is -0.469 e. The molecule has 0 amide bonds. The number of allylic oxidation sites excluding steroid dienone is 1. The summed E-state index contributed by atoms with van der Waals surface area (Å²) in [4.78, 5) is 7.03. The summed E-state index contributed by atoms with van der Waals surface area (Å²) in [6.07, 6.45) is 5.01. The van der Waals surface area contributed by atoms with Crippen molar-refractivity contribution in [2.45, 2.75) is 12.8 Å². The SMILES string of the molecule is N#Cc1ccc(C2=CN3COCC(Cc4ccco4)=NC3=C(Cc3ccccc3)N2)cc1. The number of nitrogens with one attached hydrogen (secondary N) is 1. The second-order valence-corrected chi connectivity index (χ2v) is 7.70. The van der Waals surface area contributed by atoms with Gasteiger partial charge in [0.15, 0.2) is 5.82 Å². The molecule has 2 aliphatic rings. The first-order valence-electron chi connectivity index (χ1n) is 10.5. The minimum atomic E-state index is 0.403. The zero-order valence-electron chi connectivity index (χ0n) is 17.5. The lowest BCUT2D eigenvalue weighted by Gasteiger charge is -2.29. The number of ether oxygens (including phenoxy) is 1. The lowest BCUT2D eigenvalue weighted by molar-refractivity contribution is 0.0996. The Morgan fingerprint density at radius 1 is 1.00 bits per heavy atom. The van der Waals surface area contributed by atoms with E-state index >= 15 is 0 Å². The average molecular weight is 422 g/mol. The molecule has 3 aromatic rings. The Bertz CT molecular complexity index is 1220. The van der Waals surface area contributed by atoms with E-state index in [9.17, 15) is 0 Å². The van der Waals surface area contributed by atoms with E-state index < -0.39 is 0 Å². The van der Waals surface area contributed by atoms with Gasteiger partial charge in [-0.05, 0) is 35.4 Å². The molecule has 0 bridgehead atoms. The zero-order chi connectivity index (χ0) is 21.8. The molecule has 2 aromatic carbocycles. The summed E-state index contributed by atoms with van der Waals surface area (Å²) in [7, 11) is 0. The van der Waals surface area contributed by atoms with Crippen LogP contribution in [0.1, 0.15) is 22.5 Å². The van der Waals surface area contributed by atoms with Crippen LogP contribution in [0, 0.1) is 11.3 Å². The molecule has 6 nitrogen and oxygen atoms in total. The predicted molar refractivity (Wildman–Crippen MR) is 122 cm³/mol. The number of benzene rings is 2. The molecule has 158 valence electrons. The first-order valence-corrected chi connectivity index (χ1v) is 10.5. The topological polar surface area (TPSA) is 73.8 Å². The highest BCUT2D eigenvalue weighted by atomic mass is 16.5. The van der Waals surface area contributed by atoms with Crippen molar-refractivity contribution < 1.29 is 9.15 Å². The summed E-state index contributed by atoms with van der Waals surface area (Å²) < 4.78 is 11.5. The monoisotopic (exact) mass is 422 g/mol. The Hall–Kier alpha value is -4.08. The van der Waals surface area contributed by atoms with E-state index in [0.717, 1.165) is 34.3 Å². The van der Waals surface area contributed by atoms with Crippen LogP contribution in [0.5, 0.6) is 0 Å². The van der Waals surface area contributed by atoms with Crippen LogP contribution >= 0.6 is 0 Å². The molecule has 6 heteroatoms. The minimum absolute atomic E-state index is 0.403. The normalized spacial score (nSPS) is 15.8. The second-order valence-electron chi connectivity index (χ2n) is 7.70. The highest BCUT2D eigenvalue weighted by Crippen LogP contribution is 2.28. The van der Waals surface area contributed by atoms with Gasteiger partial charge in [-0.2, -0.15) is 5.26 Å². The fourth-order valence-corrected chi connectivity index (χ4v) is 3.81. The Labute approximate surface area is 186 Å². The third kappa shape index (κ3) is 4.34. The summed E-state index contributed by atoms with van der Waals surface area (Å²) in [5.74, 6) is 1.72. The van der Waals surface area contributed by atoms with E-state index in [1.54, 1.807) is 6.26 Å². The molecule has 0 atom stereocenters. The Kier molecular flexibility index (Phi) is 5.56. The summed E-state index contributed by atoms with van der Waals surface area (Å²) in [6.45, 7) is 0.847. The molecule has 0 fully saturated rings. The maximum absolute atomic E-state index is 9.11. The third-order valence-corrected chi connectivity index (χ3v) is 5.38. The summed E-state index contributed by atoms with van der Waals surface area (Å²) >= 11 is 0. The molecule has 32 heavy (non-hydrogen) atoms. The lowest BCUT2D eigenvalue weighted by atomic mass is 10.1. The van der Waals surface area contributed by atoms with Gasteiger partial charge in [-0.25, -0.2) is 4.99 Å². The van der Waals surface area contributed by atoms with Crippen LogP contribution in [0.3, 0.4) is 0 Å². The van der Waals surface area contributed by atoms with E-state index in [4.69, 9.17) is 19.4 Å². The van der Waals surface area contributed by atoms with Crippen LogP contribution in [0.15, 0.2) is 100 Å². The van der Waals surface area contributed by atoms with Crippen LogP contribution in [0.2, 0.25) is 0 Å². The molecule has 0 unspecified atom stereocenters. The van der Waals surface area contributed by atoms with Crippen LogP contribution in [0.25, 0.3) is 5.70 Å². The van der Waals surface area contributed by atoms with E-state index in [-0.39, 0.29) is 0 Å². The standard InChI is InChI=1S/C26H22N4O2/c27-15-20-8-10-21(11-9-20)25-16-30-18-31-17-22(14-23-7-4-12-32-23)28-26(30)24(29-25)13-19-5-2-1-3-6-19/h1-12,16,29H,13-14,17-18H2. The Morgan fingerprint density at radius 2 is 1.84 bits per heavy atom. The fraction of sp³-hybridized carbons (Fsp3) is 0.154. The van der Waals surface area contributed by atoms with Gasteiger partial charge >= 0.3 is 0 Å². The fourth-order valence-electron chi connectivity index (χ4n) is 3.81. The van der Waals surface area contributed by atoms with Gasteiger partial charge in [-0.3, -0.25) is 0 Å². The van der Waals surface area contributed by atoms with Crippen molar-refractivity contribution in [3.05, 3.63) is 113 Å². The summed E-state index contributed by atoms with van der Waals surface area (Å²) in [6, 6.07) is 23.9. The van der Waals surface area contributed by atoms with Crippen molar-refractivity contribution in [2.75, 3.05) is 13.3 Å². The van der Waals surface area contributed by atoms with Gasteiger partial charge in [-0.15, -0.1) is 0 Å². The van der Waals surface area contributed by atoms with Gasteiger partial charge in [0.05, 0.1) is 41.6 Å². The molecule has 0 spiro atoms. The first-order chi connectivity index (χ1) is 15.8. The van der Waals surface area contributed by atoms with Crippen molar-refractivity contribution in [1.82, 2.24) is 10.2 Å². The number of hydrogen-bond donors (Lipinski definition) is 1. The van der Waals surface area contributed by atoms with Crippen LogP contribution in [-0.2, 0) is 17.6 Å². The van der Waals surface area contributed by atoms with Crippen LogP contribution < -0.4 is 5.32 Å². The molecule has 0 radical (unpaired) electrons. The largest absolute Gasteiger partial charge is 0.469 e. The van der Waals surface area contributed by atoms with Crippen molar-refractivity contribution in [1.29, 1.82) is 5.26 Å². The molecule has 0 aliphatic carbocycles. The maximum Gasteiger partial charge on any atom is 0.154 e. The molecule has 0 saturated carbocycles. The van der Waals surface area contributed by atoms with Crippen LogP contribution in [0.4, 0.5) is 0 Å². The number of rotatable bonds is 5. The summed E-state index contributed by atoms with van der Waals surface area (Å²) in [5, 5.41) is 12.7. The highest BCUT2D eigenvalue weighted by molar-refractivity contribution is 5.88. The number of furan rings is 1. The number of fused-ring (bicyclic) bond motifs is 1. The van der Waals surface area contributed by atoms with Gasteiger partial charge < -0.3 is 19.4 Å². The van der Waals surface area contributed by atoms with Gasteiger partial charge in [0.1, 0.15) is 12.5 Å². The van der Waals surface area contributed by atoms with Crippen molar-refractivity contribution >= 4 is 11.4 Å². The molecular weight excluding hydrogens is 400 g/mol. The smallest absolute Gasteiger partial charge is 0.154 e. The number of nitriles is 1. The maximum atomic E-state index is 9.11. The van der Waals surface area contributed by atoms with Crippen molar-refractivity contribution in [2.24, 2.45) is 4.99 Å². The lowest BCUT2D eigenvalue weighted by Crippen LogP contribution is -2.30. The average Bonchev–Trinajstić information content (AvgIpc) is 3.25. The quantitative estimate of drug-likeness (QED) is 0.658. The predicted octanol–water partition coefficient (Wildman–Crippen LogP) is 4.44. The van der Waals surface area contributed by atoms with E-state index in [1.165, 1.54) is 5.56 Å².